The van der Waals surface area contributed by atoms with Crippen molar-refractivity contribution in [1.29, 1.82) is 0 Å². The van der Waals surface area contributed by atoms with Gasteiger partial charge in [-0.3, -0.25) is 9.48 Å². The Morgan fingerprint density at radius 3 is 2.67 bits per heavy atom. The van der Waals surface area contributed by atoms with E-state index in [2.05, 4.69) is 35.8 Å². The first kappa shape index (κ1) is 15.4. The van der Waals surface area contributed by atoms with Crippen LogP contribution in [0.2, 0.25) is 0 Å². The highest BCUT2D eigenvalue weighted by molar-refractivity contribution is 5.56. The lowest BCUT2D eigenvalue weighted by molar-refractivity contribution is -0.0191. The minimum absolute atomic E-state index is 0.167. The first-order valence-corrected chi connectivity index (χ1v) is 7.03. The van der Waals surface area contributed by atoms with E-state index < -0.39 is 0 Å². The van der Waals surface area contributed by atoms with Crippen molar-refractivity contribution in [2.24, 2.45) is 12.5 Å². The summed E-state index contributed by atoms with van der Waals surface area (Å²) < 4.78 is 7.47. The average Bonchev–Trinajstić information content (AvgIpc) is 2.80. The summed E-state index contributed by atoms with van der Waals surface area (Å²) in [6.45, 7) is 8.67. The fourth-order valence-electron chi connectivity index (χ4n) is 2.21. The van der Waals surface area contributed by atoms with Crippen molar-refractivity contribution < 1.29 is 4.74 Å². The van der Waals surface area contributed by atoms with Crippen LogP contribution in [-0.4, -0.2) is 26.4 Å². The lowest BCUT2D eigenvalue weighted by atomic mass is 9.88. The predicted molar refractivity (Wildman–Crippen MR) is 80.9 cm³/mol. The van der Waals surface area contributed by atoms with E-state index in [9.17, 15) is 4.79 Å². The molecule has 6 nitrogen and oxygen atoms in total. The zero-order valence-electron chi connectivity index (χ0n) is 13.2. The molecule has 2 aromatic heterocycles. The molecule has 0 radical (unpaired) electrons. The van der Waals surface area contributed by atoms with Gasteiger partial charge >= 0.3 is 0 Å². The molecule has 2 aromatic rings. The van der Waals surface area contributed by atoms with Crippen LogP contribution in [-0.2, 0) is 11.8 Å². The van der Waals surface area contributed by atoms with Crippen LogP contribution in [0.25, 0.3) is 11.3 Å². The fraction of sp³-hybridized carbons (Fsp3) is 0.533. The minimum atomic E-state index is -0.271. The number of aromatic amines is 1. The summed E-state index contributed by atoms with van der Waals surface area (Å²) >= 11 is 0. The molecule has 21 heavy (non-hydrogen) atoms. The summed E-state index contributed by atoms with van der Waals surface area (Å²) in [4.78, 5) is 19.3. The van der Waals surface area contributed by atoms with Crippen molar-refractivity contribution in [3.8, 4) is 11.3 Å². The Morgan fingerprint density at radius 2 is 2.14 bits per heavy atom. The van der Waals surface area contributed by atoms with Gasteiger partial charge in [0.05, 0.1) is 11.9 Å². The van der Waals surface area contributed by atoms with E-state index in [-0.39, 0.29) is 17.1 Å². The fourth-order valence-corrected chi connectivity index (χ4v) is 2.21. The van der Waals surface area contributed by atoms with Gasteiger partial charge < -0.3 is 9.72 Å². The molecule has 2 heterocycles. The van der Waals surface area contributed by atoms with Crippen molar-refractivity contribution in [1.82, 2.24) is 19.7 Å². The summed E-state index contributed by atoms with van der Waals surface area (Å²) in [6, 6.07) is 1.48. The van der Waals surface area contributed by atoms with Gasteiger partial charge in [-0.1, -0.05) is 20.8 Å². The maximum atomic E-state index is 11.9. The van der Waals surface area contributed by atoms with Gasteiger partial charge in [-0.25, -0.2) is 4.98 Å². The normalized spacial score (nSPS) is 13.4. The van der Waals surface area contributed by atoms with E-state index in [4.69, 9.17) is 4.74 Å². The molecular formula is C15H22N4O2. The third-order valence-corrected chi connectivity index (χ3v) is 3.13. The molecule has 0 aliphatic carbocycles. The third-order valence-electron chi connectivity index (χ3n) is 3.13. The molecule has 0 saturated heterocycles. The molecule has 0 aliphatic heterocycles. The molecule has 114 valence electrons. The molecule has 0 saturated carbocycles. The van der Waals surface area contributed by atoms with Crippen LogP contribution < -0.4 is 5.56 Å². The largest absolute Gasteiger partial charge is 0.370 e. The number of H-pyrrole nitrogens is 1. The van der Waals surface area contributed by atoms with Gasteiger partial charge in [-0.2, -0.15) is 5.10 Å². The van der Waals surface area contributed by atoms with Crippen LogP contribution in [0.5, 0.6) is 0 Å². The summed E-state index contributed by atoms with van der Waals surface area (Å²) in [5.41, 5.74) is 1.07. The highest BCUT2D eigenvalue weighted by Crippen LogP contribution is 2.34. The minimum Gasteiger partial charge on any atom is -0.370 e. The Balaban J connectivity index is 2.49. The second kappa shape index (κ2) is 5.81. The van der Waals surface area contributed by atoms with Crippen molar-refractivity contribution >= 4 is 0 Å². The Hall–Kier alpha value is -1.95. The van der Waals surface area contributed by atoms with Crippen molar-refractivity contribution in [2.45, 2.75) is 33.8 Å². The van der Waals surface area contributed by atoms with Gasteiger partial charge in [0, 0.05) is 31.5 Å². The van der Waals surface area contributed by atoms with Crippen LogP contribution in [0.4, 0.5) is 0 Å². The second-order valence-electron chi connectivity index (χ2n) is 6.12. The highest BCUT2D eigenvalue weighted by atomic mass is 16.5. The molecule has 1 N–H and O–H groups in total. The zero-order chi connectivity index (χ0) is 15.6. The molecule has 1 atom stereocenters. The van der Waals surface area contributed by atoms with Gasteiger partial charge in [0.1, 0.15) is 11.9 Å². The summed E-state index contributed by atoms with van der Waals surface area (Å²) in [5.74, 6) is 0.552. The molecule has 6 heteroatoms. The molecule has 0 bridgehead atoms. The molecule has 0 spiro atoms. The van der Waals surface area contributed by atoms with Crippen molar-refractivity contribution in [3.05, 3.63) is 34.6 Å². The number of nitrogens with one attached hydrogen (secondary N) is 1. The molecule has 2 rings (SSSR count). The monoisotopic (exact) mass is 290 g/mol. The third kappa shape index (κ3) is 3.58. The predicted octanol–water partition coefficient (Wildman–Crippen LogP) is 2.29. The number of aromatic nitrogens is 4. The van der Waals surface area contributed by atoms with Gasteiger partial charge in [-0.05, 0) is 12.3 Å². The first-order chi connectivity index (χ1) is 9.81. The lowest BCUT2D eigenvalue weighted by Crippen LogP contribution is -2.26. The zero-order valence-corrected chi connectivity index (χ0v) is 13.2. The summed E-state index contributed by atoms with van der Waals surface area (Å²) in [6.07, 6.45) is 3.25. The lowest BCUT2D eigenvalue weighted by Gasteiger charge is -2.29. The number of hydrogen-bond acceptors (Lipinski definition) is 4. The molecule has 0 fully saturated rings. The number of rotatable bonds is 4. The standard InChI is InChI=1S/C15H22N4O2/c1-6-21-13(15(2,3)4)14-17-11(7-12(20)18-14)10-8-16-19(5)9-10/h7-9,13H,6H2,1-5H3,(H,17,18,20). The van der Waals surface area contributed by atoms with Gasteiger partial charge in [-0.15, -0.1) is 0 Å². The number of hydrogen-bond donors (Lipinski definition) is 1. The van der Waals surface area contributed by atoms with E-state index >= 15 is 0 Å². The first-order valence-electron chi connectivity index (χ1n) is 7.03. The number of ether oxygens (including phenoxy) is 1. The Morgan fingerprint density at radius 1 is 1.43 bits per heavy atom. The SMILES string of the molecule is CCOC(c1nc(-c2cnn(C)c2)cc(=O)[nH]1)C(C)(C)C. The van der Waals surface area contributed by atoms with E-state index in [0.717, 1.165) is 5.56 Å². The summed E-state index contributed by atoms with van der Waals surface area (Å²) in [5, 5.41) is 4.12. The second-order valence-corrected chi connectivity index (χ2v) is 6.12. The van der Waals surface area contributed by atoms with E-state index in [0.29, 0.717) is 18.1 Å². The van der Waals surface area contributed by atoms with Crippen molar-refractivity contribution in [3.63, 3.8) is 0 Å². The molecule has 0 amide bonds. The van der Waals surface area contributed by atoms with E-state index in [1.54, 1.807) is 10.9 Å². The topological polar surface area (TPSA) is 72.8 Å². The van der Waals surface area contributed by atoms with Crippen LogP contribution in [0, 0.1) is 5.41 Å². The van der Waals surface area contributed by atoms with Gasteiger partial charge in [0.25, 0.3) is 5.56 Å². The molecule has 1 unspecified atom stereocenters. The molecule has 0 aliphatic rings. The molecular weight excluding hydrogens is 268 g/mol. The Bertz CT molecular complexity index is 667. The van der Waals surface area contributed by atoms with Crippen LogP contribution in [0.15, 0.2) is 23.3 Å². The average molecular weight is 290 g/mol. The Kier molecular flexibility index (Phi) is 4.27. The summed E-state index contributed by atoms with van der Waals surface area (Å²) in [7, 11) is 1.83. The maximum Gasteiger partial charge on any atom is 0.251 e. The van der Waals surface area contributed by atoms with E-state index in [1.807, 2.05) is 20.2 Å². The van der Waals surface area contributed by atoms with Crippen LogP contribution in [0.1, 0.15) is 39.6 Å². The van der Waals surface area contributed by atoms with Crippen molar-refractivity contribution in [2.75, 3.05) is 6.61 Å². The quantitative estimate of drug-likeness (QED) is 0.937. The number of aryl methyl sites for hydroxylation is 1. The highest BCUT2D eigenvalue weighted by Gasteiger charge is 2.29. The maximum absolute atomic E-state index is 11.9. The molecule has 0 aromatic carbocycles. The van der Waals surface area contributed by atoms with Crippen LogP contribution in [0.3, 0.4) is 0 Å². The Labute approximate surface area is 124 Å². The van der Waals surface area contributed by atoms with Gasteiger partial charge in [0.2, 0.25) is 0 Å². The van der Waals surface area contributed by atoms with E-state index in [1.165, 1.54) is 6.07 Å². The smallest absolute Gasteiger partial charge is 0.251 e. The number of nitrogens with zero attached hydrogens (tertiary/aromatic N) is 3. The van der Waals surface area contributed by atoms with Gasteiger partial charge in [0.15, 0.2) is 0 Å². The van der Waals surface area contributed by atoms with Crippen LogP contribution >= 0.6 is 0 Å².